The van der Waals surface area contributed by atoms with Gasteiger partial charge in [0.05, 0.1) is 6.10 Å². The molecule has 5 heteroatoms. The summed E-state index contributed by atoms with van der Waals surface area (Å²) in [6.07, 6.45) is 7.75. The zero-order chi connectivity index (χ0) is 12.4. The highest BCUT2D eigenvalue weighted by Crippen LogP contribution is 2.32. The largest absolute Gasteiger partial charge is 0.378 e. The Balaban J connectivity index is 1.51. The van der Waals surface area contributed by atoms with Crippen LogP contribution in [0.1, 0.15) is 43.8 Å². The maximum Gasteiger partial charge on any atom is 0.228 e. The fourth-order valence-corrected chi connectivity index (χ4v) is 2.52. The fourth-order valence-electron chi connectivity index (χ4n) is 2.52. The van der Waals surface area contributed by atoms with Gasteiger partial charge in [-0.05, 0) is 38.0 Å². The van der Waals surface area contributed by atoms with E-state index in [9.17, 15) is 0 Å². The lowest BCUT2D eigenvalue weighted by atomic mass is 10.1. The van der Waals surface area contributed by atoms with Crippen molar-refractivity contribution in [2.24, 2.45) is 11.7 Å². The van der Waals surface area contributed by atoms with Crippen LogP contribution in [0.4, 0.5) is 0 Å². The van der Waals surface area contributed by atoms with Crippen molar-refractivity contribution >= 4 is 0 Å². The van der Waals surface area contributed by atoms with E-state index in [1.54, 1.807) is 0 Å². The van der Waals surface area contributed by atoms with E-state index in [4.69, 9.17) is 15.0 Å². The van der Waals surface area contributed by atoms with Crippen molar-refractivity contribution in [1.29, 1.82) is 0 Å². The molecule has 0 amide bonds. The number of nitrogens with zero attached hydrogens (tertiary/aromatic N) is 2. The molecule has 5 nitrogen and oxygen atoms in total. The number of nitrogens with two attached hydrogens (primary N) is 1. The van der Waals surface area contributed by atoms with Crippen LogP contribution in [0.5, 0.6) is 0 Å². The van der Waals surface area contributed by atoms with E-state index in [-0.39, 0.29) is 12.1 Å². The molecular formula is C13H21N3O2. The summed E-state index contributed by atoms with van der Waals surface area (Å²) in [4.78, 5) is 4.42. The molecule has 1 aliphatic carbocycles. The van der Waals surface area contributed by atoms with Gasteiger partial charge in [0.2, 0.25) is 5.89 Å². The van der Waals surface area contributed by atoms with Crippen LogP contribution in [0.15, 0.2) is 4.52 Å². The lowest BCUT2D eigenvalue weighted by molar-refractivity contribution is 0.0153. The molecule has 0 radical (unpaired) electrons. The van der Waals surface area contributed by atoms with Crippen molar-refractivity contribution in [2.75, 3.05) is 6.61 Å². The summed E-state index contributed by atoms with van der Waals surface area (Å²) < 4.78 is 10.9. The summed E-state index contributed by atoms with van der Waals surface area (Å²) in [5.74, 6) is 2.11. The maximum atomic E-state index is 6.05. The summed E-state index contributed by atoms with van der Waals surface area (Å²) >= 11 is 0. The van der Waals surface area contributed by atoms with Crippen molar-refractivity contribution in [3.8, 4) is 0 Å². The molecule has 2 aliphatic rings. The minimum atomic E-state index is 0.184. The molecule has 0 bridgehead atoms. The normalized spacial score (nSPS) is 26.2. The Labute approximate surface area is 107 Å². The second kappa shape index (κ2) is 5.36. The van der Waals surface area contributed by atoms with Gasteiger partial charge < -0.3 is 15.0 Å². The minimum Gasteiger partial charge on any atom is -0.378 e. The average molecular weight is 251 g/mol. The van der Waals surface area contributed by atoms with Crippen molar-refractivity contribution in [1.82, 2.24) is 10.1 Å². The summed E-state index contributed by atoms with van der Waals surface area (Å²) in [5, 5.41) is 4.02. The highest BCUT2D eigenvalue weighted by Gasteiger charge is 2.30. The Morgan fingerprint density at radius 1 is 1.28 bits per heavy atom. The second-order valence-electron chi connectivity index (χ2n) is 5.50. The molecular weight excluding hydrogens is 230 g/mol. The molecule has 1 saturated heterocycles. The Bertz CT molecular complexity index is 383. The minimum absolute atomic E-state index is 0.184. The van der Waals surface area contributed by atoms with Crippen LogP contribution in [0.2, 0.25) is 0 Å². The van der Waals surface area contributed by atoms with E-state index in [0.717, 1.165) is 25.3 Å². The van der Waals surface area contributed by atoms with E-state index in [0.29, 0.717) is 18.2 Å². The summed E-state index contributed by atoms with van der Waals surface area (Å²) in [6, 6.07) is 0.184. The SMILES string of the molecule is NC(Cc1nc(CC2CCCCO2)no1)C1CC1. The second-order valence-corrected chi connectivity index (χ2v) is 5.50. The monoisotopic (exact) mass is 251 g/mol. The van der Waals surface area contributed by atoms with Gasteiger partial charge in [0.15, 0.2) is 5.82 Å². The molecule has 0 spiro atoms. The van der Waals surface area contributed by atoms with E-state index < -0.39 is 0 Å². The van der Waals surface area contributed by atoms with Crippen molar-refractivity contribution in [3.05, 3.63) is 11.7 Å². The number of hydrogen-bond acceptors (Lipinski definition) is 5. The van der Waals surface area contributed by atoms with Gasteiger partial charge in [0.25, 0.3) is 0 Å². The molecule has 1 aliphatic heterocycles. The zero-order valence-corrected chi connectivity index (χ0v) is 10.7. The summed E-state index contributed by atoms with van der Waals surface area (Å²) in [6.45, 7) is 0.863. The van der Waals surface area contributed by atoms with Crippen LogP contribution >= 0.6 is 0 Å². The standard InChI is InChI=1S/C13H21N3O2/c14-11(9-4-5-9)8-13-15-12(16-18-13)7-10-3-1-2-6-17-10/h9-11H,1-8,14H2. The first-order chi connectivity index (χ1) is 8.81. The molecule has 2 atom stereocenters. The average Bonchev–Trinajstić information content (AvgIpc) is 3.15. The van der Waals surface area contributed by atoms with Gasteiger partial charge in [0, 0.05) is 25.5 Å². The highest BCUT2D eigenvalue weighted by atomic mass is 16.5. The first-order valence-corrected chi connectivity index (χ1v) is 7.00. The first-order valence-electron chi connectivity index (χ1n) is 7.00. The summed E-state index contributed by atoms with van der Waals surface area (Å²) in [5.41, 5.74) is 6.05. The summed E-state index contributed by atoms with van der Waals surface area (Å²) in [7, 11) is 0. The van der Waals surface area contributed by atoms with Gasteiger partial charge in [-0.15, -0.1) is 0 Å². The van der Waals surface area contributed by atoms with Crippen LogP contribution < -0.4 is 5.73 Å². The van der Waals surface area contributed by atoms with Crippen LogP contribution in [-0.2, 0) is 17.6 Å². The number of rotatable bonds is 5. The van der Waals surface area contributed by atoms with Gasteiger partial charge in [-0.3, -0.25) is 0 Å². The van der Waals surface area contributed by atoms with Crippen molar-refractivity contribution in [3.63, 3.8) is 0 Å². The van der Waals surface area contributed by atoms with Crippen LogP contribution in [0, 0.1) is 5.92 Å². The van der Waals surface area contributed by atoms with Crippen molar-refractivity contribution in [2.45, 2.75) is 57.1 Å². The quantitative estimate of drug-likeness (QED) is 0.857. The zero-order valence-electron chi connectivity index (χ0n) is 10.7. The van der Waals surface area contributed by atoms with Crippen LogP contribution in [-0.4, -0.2) is 28.9 Å². The third-order valence-electron chi connectivity index (χ3n) is 3.83. The smallest absolute Gasteiger partial charge is 0.228 e. The molecule has 1 aromatic rings. The molecule has 2 heterocycles. The third kappa shape index (κ3) is 3.09. The molecule has 2 fully saturated rings. The Kier molecular flexibility index (Phi) is 3.61. The lowest BCUT2D eigenvalue weighted by Crippen LogP contribution is -2.25. The molecule has 100 valence electrons. The van der Waals surface area contributed by atoms with Gasteiger partial charge >= 0.3 is 0 Å². The van der Waals surface area contributed by atoms with Gasteiger partial charge in [0.1, 0.15) is 0 Å². The van der Waals surface area contributed by atoms with Crippen molar-refractivity contribution < 1.29 is 9.26 Å². The Morgan fingerprint density at radius 2 is 2.17 bits per heavy atom. The first kappa shape index (κ1) is 12.1. The van der Waals surface area contributed by atoms with Gasteiger partial charge in [-0.2, -0.15) is 4.98 Å². The van der Waals surface area contributed by atoms with Gasteiger partial charge in [-0.25, -0.2) is 0 Å². The van der Waals surface area contributed by atoms with E-state index in [1.165, 1.54) is 25.7 Å². The lowest BCUT2D eigenvalue weighted by Gasteiger charge is -2.20. The van der Waals surface area contributed by atoms with E-state index >= 15 is 0 Å². The molecule has 2 N–H and O–H groups in total. The third-order valence-corrected chi connectivity index (χ3v) is 3.83. The van der Waals surface area contributed by atoms with Gasteiger partial charge in [-0.1, -0.05) is 5.16 Å². The fraction of sp³-hybridized carbons (Fsp3) is 0.846. The Hall–Kier alpha value is -0.940. The maximum absolute atomic E-state index is 6.05. The number of hydrogen-bond donors (Lipinski definition) is 1. The molecule has 3 rings (SSSR count). The molecule has 0 aromatic carbocycles. The highest BCUT2D eigenvalue weighted by molar-refractivity contribution is 4.95. The molecule has 18 heavy (non-hydrogen) atoms. The number of aromatic nitrogens is 2. The predicted molar refractivity (Wildman–Crippen MR) is 66.0 cm³/mol. The molecule has 1 saturated carbocycles. The predicted octanol–water partition coefficient (Wildman–Crippen LogP) is 1.46. The molecule has 2 unspecified atom stereocenters. The van der Waals surface area contributed by atoms with E-state index in [1.807, 2.05) is 0 Å². The topological polar surface area (TPSA) is 74.2 Å². The molecule has 1 aromatic heterocycles. The van der Waals surface area contributed by atoms with Crippen LogP contribution in [0.3, 0.4) is 0 Å². The number of ether oxygens (including phenoxy) is 1. The van der Waals surface area contributed by atoms with Crippen LogP contribution in [0.25, 0.3) is 0 Å². The van der Waals surface area contributed by atoms with E-state index in [2.05, 4.69) is 10.1 Å². The Morgan fingerprint density at radius 3 is 2.89 bits per heavy atom.